The van der Waals surface area contributed by atoms with Crippen LogP contribution in [0.25, 0.3) is 11.3 Å². The Balaban J connectivity index is 2.72. The lowest BCUT2D eigenvalue weighted by Crippen LogP contribution is -1.97. The summed E-state index contributed by atoms with van der Waals surface area (Å²) in [4.78, 5) is 7.26. The summed E-state index contributed by atoms with van der Waals surface area (Å²) in [6.07, 6.45) is 0. The predicted octanol–water partition coefficient (Wildman–Crippen LogP) is 4.22. The van der Waals surface area contributed by atoms with E-state index < -0.39 is 0 Å². The molecule has 1 N–H and O–H groups in total. The fourth-order valence-corrected chi connectivity index (χ4v) is 2.11. The standard InChI is InChI=1S/C12H10ClFN2S/c1-6-11(15-7(2)16-12(6)17)9-4-3-8(14)5-10(9)13/h3-5H,1-2H3,(H,15,16,17). The molecule has 0 aliphatic carbocycles. The van der Waals surface area contributed by atoms with Crippen LogP contribution in [0.5, 0.6) is 0 Å². The Bertz CT molecular complexity index is 637. The van der Waals surface area contributed by atoms with Crippen molar-refractivity contribution in [3.05, 3.63) is 45.1 Å². The molecule has 0 aliphatic rings. The average molecular weight is 269 g/mol. The number of rotatable bonds is 1. The molecule has 0 bridgehead atoms. The van der Waals surface area contributed by atoms with Crippen LogP contribution in [0, 0.1) is 24.3 Å². The van der Waals surface area contributed by atoms with Crippen molar-refractivity contribution >= 4 is 23.8 Å². The van der Waals surface area contributed by atoms with Crippen LogP contribution < -0.4 is 0 Å². The molecule has 0 saturated carbocycles. The van der Waals surface area contributed by atoms with Crippen molar-refractivity contribution in [2.45, 2.75) is 13.8 Å². The Morgan fingerprint density at radius 2 is 2.06 bits per heavy atom. The summed E-state index contributed by atoms with van der Waals surface area (Å²) >= 11 is 11.2. The summed E-state index contributed by atoms with van der Waals surface area (Å²) < 4.78 is 13.5. The first-order valence-corrected chi connectivity index (χ1v) is 5.80. The van der Waals surface area contributed by atoms with Gasteiger partial charge >= 0.3 is 0 Å². The van der Waals surface area contributed by atoms with E-state index in [9.17, 15) is 4.39 Å². The highest BCUT2D eigenvalue weighted by molar-refractivity contribution is 7.71. The highest BCUT2D eigenvalue weighted by Crippen LogP contribution is 2.29. The van der Waals surface area contributed by atoms with Gasteiger partial charge in [0.05, 0.1) is 10.7 Å². The SMILES string of the molecule is Cc1nc(=S)c(C)c(-c2ccc(F)cc2Cl)[nH]1. The number of nitrogens with zero attached hydrogens (tertiary/aromatic N) is 1. The highest BCUT2D eigenvalue weighted by Gasteiger charge is 2.10. The maximum Gasteiger partial charge on any atom is 0.133 e. The number of hydrogen-bond acceptors (Lipinski definition) is 2. The van der Waals surface area contributed by atoms with Crippen LogP contribution in [0.2, 0.25) is 5.02 Å². The van der Waals surface area contributed by atoms with Crippen LogP contribution in [-0.4, -0.2) is 9.97 Å². The van der Waals surface area contributed by atoms with E-state index >= 15 is 0 Å². The van der Waals surface area contributed by atoms with E-state index in [1.165, 1.54) is 12.1 Å². The minimum Gasteiger partial charge on any atom is -0.343 e. The van der Waals surface area contributed by atoms with Crippen molar-refractivity contribution in [3.8, 4) is 11.3 Å². The molecule has 1 aromatic heterocycles. The lowest BCUT2D eigenvalue weighted by Gasteiger charge is -2.09. The molecule has 88 valence electrons. The Morgan fingerprint density at radius 1 is 1.35 bits per heavy atom. The zero-order valence-electron chi connectivity index (χ0n) is 9.34. The molecular weight excluding hydrogens is 259 g/mol. The van der Waals surface area contributed by atoms with Gasteiger partial charge < -0.3 is 4.98 Å². The minimum atomic E-state index is -0.360. The highest BCUT2D eigenvalue weighted by atomic mass is 35.5. The van der Waals surface area contributed by atoms with Crippen molar-refractivity contribution in [1.82, 2.24) is 9.97 Å². The van der Waals surface area contributed by atoms with Gasteiger partial charge in [-0.3, -0.25) is 0 Å². The molecule has 1 heterocycles. The van der Waals surface area contributed by atoms with Crippen molar-refractivity contribution in [2.24, 2.45) is 0 Å². The second-order valence-corrected chi connectivity index (χ2v) is 4.55. The average Bonchev–Trinajstić information content (AvgIpc) is 2.24. The van der Waals surface area contributed by atoms with Gasteiger partial charge in [-0.15, -0.1) is 0 Å². The Hall–Kier alpha value is -1.26. The minimum absolute atomic E-state index is 0.351. The largest absolute Gasteiger partial charge is 0.343 e. The van der Waals surface area contributed by atoms with Gasteiger partial charge in [0.15, 0.2) is 0 Å². The number of hydrogen-bond donors (Lipinski definition) is 1. The Morgan fingerprint density at radius 3 is 2.71 bits per heavy atom. The van der Waals surface area contributed by atoms with E-state index in [0.29, 0.717) is 15.5 Å². The van der Waals surface area contributed by atoms with E-state index in [0.717, 1.165) is 16.8 Å². The molecule has 0 spiro atoms. The molecule has 5 heteroatoms. The van der Waals surface area contributed by atoms with Gasteiger partial charge in [0.2, 0.25) is 0 Å². The van der Waals surface area contributed by atoms with Gasteiger partial charge in [-0.2, -0.15) is 0 Å². The molecular formula is C12H10ClFN2S. The first-order valence-electron chi connectivity index (χ1n) is 5.02. The molecule has 0 radical (unpaired) electrons. The summed E-state index contributed by atoms with van der Waals surface area (Å²) in [7, 11) is 0. The van der Waals surface area contributed by atoms with E-state index in [1.54, 1.807) is 6.07 Å². The third-order valence-electron chi connectivity index (χ3n) is 2.47. The summed E-state index contributed by atoms with van der Waals surface area (Å²) in [6, 6.07) is 4.28. The first-order chi connectivity index (χ1) is 7.99. The van der Waals surface area contributed by atoms with Crippen molar-refractivity contribution in [3.63, 3.8) is 0 Å². The normalized spacial score (nSPS) is 10.6. The maximum atomic E-state index is 13.0. The van der Waals surface area contributed by atoms with Gasteiger partial charge in [-0.05, 0) is 32.0 Å². The third-order valence-corrected chi connectivity index (χ3v) is 3.18. The molecule has 0 saturated heterocycles. The molecule has 1 aromatic carbocycles. The third kappa shape index (κ3) is 2.37. The molecule has 2 rings (SSSR count). The van der Waals surface area contributed by atoms with Crippen LogP contribution in [0.15, 0.2) is 18.2 Å². The maximum absolute atomic E-state index is 13.0. The molecule has 0 aliphatic heterocycles. The molecule has 2 aromatic rings. The number of aromatic amines is 1. The lowest BCUT2D eigenvalue weighted by molar-refractivity contribution is 0.628. The molecule has 0 atom stereocenters. The molecule has 2 nitrogen and oxygen atoms in total. The fraction of sp³-hybridized carbons (Fsp3) is 0.167. The molecule has 17 heavy (non-hydrogen) atoms. The zero-order chi connectivity index (χ0) is 12.6. The number of aromatic nitrogens is 2. The number of nitrogens with one attached hydrogen (secondary N) is 1. The van der Waals surface area contributed by atoms with Crippen LogP contribution in [-0.2, 0) is 0 Å². The fourth-order valence-electron chi connectivity index (χ4n) is 1.61. The topological polar surface area (TPSA) is 28.7 Å². The molecule has 0 fully saturated rings. The predicted molar refractivity (Wildman–Crippen MR) is 69.3 cm³/mol. The number of benzene rings is 1. The van der Waals surface area contributed by atoms with Crippen molar-refractivity contribution in [2.75, 3.05) is 0 Å². The molecule has 0 unspecified atom stereocenters. The zero-order valence-corrected chi connectivity index (χ0v) is 10.9. The van der Waals surface area contributed by atoms with Gasteiger partial charge in [-0.1, -0.05) is 23.8 Å². The van der Waals surface area contributed by atoms with Gasteiger partial charge in [-0.25, -0.2) is 9.37 Å². The van der Waals surface area contributed by atoms with Gasteiger partial charge in [0, 0.05) is 11.1 Å². The van der Waals surface area contributed by atoms with Crippen LogP contribution in [0.4, 0.5) is 4.39 Å². The number of halogens is 2. The number of H-pyrrole nitrogens is 1. The van der Waals surface area contributed by atoms with E-state index in [1.807, 2.05) is 13.8 Å². The van der Waals surface area contributed by atoms with Gasteiger partial charge in [0.1, 0.15) is 16.3 Å². The quantitative estimate of drug-likeness (QED) is 0.785. The second kappa shape index (κ2) is 4.55. The Kier molecular flexibility index (Phi) is 3.26. The number of aryl methyl sites for hydroxylation is 1. The summed E-state index contributed by atoms with van der Waals surface area (Å²) in [5, 5.41) is 0.351. The summed E-state index contributed by atoms with van der Waals surface area (Å²) in [5.74, 6) is 0.344. The van der Waals surface area contributed by atoms with Crippen LogP contribution >= 0.6 is 23.8 Å². The van der Waals surface area contributed by atoms with E-state index in [4.69, 9.17) is 23.8 Å². The second-order valence-electron chi connectivity index (χ2n) is 3.75. The lowest BCUT2D eigenvalue weighted by atomic mass is 10.1. The van der Waals surface area contributed by atoms with E-state index in [2.05, 4.69) is 9.97 Å². The van der Waals surface area contributed by atoms with Gasteiger partial charge in [0.25, 0.3) is 0 Å². The van der Waals surface area contributed by atoms with Crippen LogP contribution in [0.1, 0.15) is 11.4 Å². The first kappa shape index (κ1) is 12.2. The summed E-state index contributed by atoms with van der Waals surface area (Å²) in [6.45, 7) is 3.68. The Labute approximate surface area is 108 Å². The summed E-state index contributed by atoms with van der Waals surface area (Å²) in [5.41, 5.74) is 2.34. The van der Waals surface area contributed by atoms with Crippen LogP contribution in [0.3, 0.4) is 0 Å². The smallest absolute Gasteiger partial charge is 0.133 e. The monoisotopic (exact) mass is 268 g/mol. The van der Waals surface area contributed by atoms with Crippen molar-refractivity contribution in [1.29, 1.82) is 0 Å². The van der Waals surface area contributed by atoms with E-state index in [-0.39, 0.29) is 5.82 Å². The van der Waals surface area contributed by atoms with Crippen molar-refractivity contribution < 1.29 is 4.39 Å². The molecule has 0 amide bonds.